The van der Waals surface area contributed by atoms with Crippen LogP contribution in [0.2, 0.25) is 0 Å². The second-order valence-electron chi connectivity index (χ2n) is 9.13. The Bertz CT molecular complexity index is 545. The Hall–Kier alpha value is -1.09. The van der Waals surface area contributed by atoms with Crippen molar-refractivity contribution in [3.8, 4) is 0 Å². The molecule has 0 aromatic carbocycles. The van der Waals surface area contributed by atoms with Crippen LogP contribution in [0.3, 0.4) is 0 Å². The van der Waals surface area contributed by atoms with Gasteiger partial charge in [-0.2, -0.15) is 0 Å². The molecule has 0 amide bonds. The average molecular weight is 349 g/mol. The maximum Gasteiger partial charge on any atom is 0.303 e. The molecule has 1 N–H and O–H groups in total. The van der Waals surface area contributed by atoms with Gasteiger partial charge in [-0.15, -0.1) is 0 Å². The van der Waals surface area contributed by atoms with Crippen LogP contribution in [0.25, 0.3) is 0 Å². The minimum Gasteiger partial charge on any atom is -0.458 e. The summed E-state index contributed by atoms with van der Waals surface area (Å²) in [6, 6.07) is 0. The first kappa shape index (κ1) is 20.2. The van der Waals surface area contributed by atoms with Crippen LogP contribution in [0.1, 0.15) is 73.1 Å². The number of allylic oxidation sites excluding steroid dienone is 1. The summed E-state index contributed by atoms with van der Waals surface area (Å²) in [4.78, 5) is 11.6. The molecule has 2 saturated carbocycles. The fourth-order valence-corrected chi connectivity index (χ4v) is 5.65. The second kappa shape index (κ2) is 7.65. The first-order valence-electron chi connectivity index (χ1n) is 9.74. The Balaban J connectivity index is 2.31. The highest BCUT2D eigenvalue weighted by Gasteiger charge is 2.55. The maximum absolute atomic E-state index is 11.6. The SMILES string of the molecule is C=C1[C@H](OC(C)=O)C[C@H]2C(C)(C)CCC[C@]2(C)[C@H]1CC/C(C)=C/CO. The third kappa shape index (κ3) is 4.19. The highest BCUT2D eigenvalue weighted by Crippen LogP contribution is 2.62. The van der Waals surface area contributed by atoms with Gasteiger partial charge < -0.3 is 9.84 Å². The van der Waals surface area contributed by atoms with Crippen LogP contribution in [0.4, 0.5) is 0 Å². The predicted molar refractivity (Wildman–Crippen MR) is 102 cm³/mol. The minimum absolute atomic E-state index is 0.0977. The number of aliphatic hydroxyl groups is 1. The Morgan fingerprint density at radius 2 is 2.00 bits per heavy atom. The molecule has 4 atom stereocenters. The Labute approximate surface area is 153 Å². The molecule has 2 aliphatic rings. The first-order chi connectivity index (χ1) is 11.6. The number of carbonyl (C=O) groups is 1. The van der Waals surface area contributed by atoms with Crippen LogP contribution in [0.15, 0.2) is 23.8 Å². The number of fused-ring (bicyclic) bond motifs is 1. The third-order valence-corrected chi connectivity index (χ3v) is 6.96. The summed E-state index contributed by atoms with van der Waals surface area (Å²) in [6.45, 7) is 15.3. The monoisotopic (exact) mass is 348 g/mol. The molecular formula is C22H36O3. The van der Waals surface area contributed by atoms with Gasteiger partial charge in [-0.05, 0) is 67.3 Å². The molecule has 0 radical (unpaired) electrons. The van der Waals surface area contributed by atoms with Crippen molar-refractivity contribution in [3.05, 3.63) is 23.8 Å². The molecule has 3 nitrogen and oxygen atoms in total. The molecular weight excluding hydrogens is 312 g/mol. The number of carbonyl (C=O) groups excluding carboxylic acids is 1. The van der Waals surface area contributed by atoms with Crippen molar-refractivity contribution in [1.82, 2.24) is 0 Å². The molecule has 0 unspecified atom stereocenters. The van der Waals surface area contributed by atoms with Gasteiger partial charge in [0.25, 0.3) is 0 Å². The van der Waals surface area contributed by atoms with E-state index in [1.165, 1.54) is 31.8 Å². The molecule has 0 aromatic heterocycles. The Morgan fingerprint density at radius 1 is 1.32 bits per heavy atom. The lowest BCUT2D eigenvalue weighted by Crippen LogP contribution is -2.53. The average Bonchev–Trinajstić information content (AvgIpc) is 2.48. The number of aliphatic hydroxyl groups excluding tert-OH is 1. The topological polar surface area (TPSA) is 46.5 Å². The Kier molecular flexibility index (Phi) is 6.19. The van der Waals surface area contributed by atoms with E-state index in [0.29, 0.717) is 11.8 Å². The molecule has 2 fully saturated rings. The number of esters is 1. The van der Waals surface area contributed by atoms with Gasteiger partial charge in [-0.1, -0.05) is 45.4 Å². The van der Waals surface area contributed by atoms with Crippen molar-refractivity contribution in [2.45, 2.75) is 79.2 Å². The Morgan fingerprint density at radius 3 is 2.60 bits per heavy atom. The van der Waals surface area contributed by atoms with Crippen LogP contribution in [0, 0.1) is 22.7 Å². The zero-order valence-corrected chi connectivity index (χ0v) is 16.7. The quantitative estimate of drug-likeness (QED) is 0.559. The highest BCUT2D eigenvalue weighted by atomic mass is 16.5. The zero-order chi connectivity index (χ0) is 18.8. The van der Waals surface area contributed by atoms with E-state index in [2.05, 4.69) is 34.3 Å². The molecule has 0 heterocycles. The molecule has 0 aromatic rings. The lowest BCUT2D eigenvalue weighted by Gasteiger charge is -2.59. The summed E-state index contributed by atoms with van der Waals surface area (Å²) in [6.07, 6.45) is 8.34. The van der Waals surface area contributed by atoms with E-state index in [1.807, 2.05) is 6.08 Å². The highest BCUT2D eigenvalue weighted by molar-refractivity contribution is 5.66. The van der Waals surface area contributed by atoms with Crippen LogP contribution in [-0.4, -0.2) is 23.8 Å². The van der Waals surface area contributed by atoms with Gasteiger partial charge in [0.1, 0.15) is 6.10 Å². The molecule has 2 rings (SSSR count). The number of rotatable bonds is 5. The molecule has 0 saturated heterocycles. The largest absolute Gasteiger partial charge is 0.458 e. The van der Waals surface area contributed by atoms with Crippen LogP contribution in [-0.2, 0) is 9.53 Å². The van der Waals surface area contributed by atoms with Gasteiger partial charge in [0.2, 0.25) is 0 Å². The lowest BCUT2D eigenvalue weighted by atomic mass is 9.46. The molecule has 0 aliphatic heterocycles. The van der Waals surface area contributed by atoms with Crippen molar-refractivity contribution in [1.29, 1.82) is 0 Å². The smallest absolute Gasteiger partial charge is 0.303 e. The van der Waals surface area contributed by atoms with E-state index < -0.39 is 0 Å². The van der Waals surface area contributed by atoms with Crippen molar-refractivity contribution >= 4 is 5.97 Å². The number of hydrogen-bond acceptors (Lipinski definition) is 3. The molecule has 25 heavy (non-hydrogen) atoms. The number of ether oxygens (including phenoxy) is 1. The summed E-state index contributed by atoms with van der Waals surface area (Å²) in [5.74, 6) is 0.687. The van der Waals surface area contributed by atoms with E-state index in [1.54, 1.807) is 0 Å². The molecule has 3 heteroatoms. The van der Waals surface area contributed by atoms with E-state index in [4.69, 9.17) is 9.84 Å². The van der Waals surface area contributed by atoms with E-state index in [0.717, 1.165) is 24.8 Å². The summed E-state index contributed by atoms with van der Waals surface area (Å²) < 4.78 is 5.68. The van der Waals surface area contributed by atoms with Gasteiger partial charge in [-0.3, -0.25) is 4.79 Å². The van der Waals surface area contributed by atoms with Gasteiger partial charge in [0.15, 0.2) is 0 Å². The summed E-state index contributed by atoms with van der Waals surface area (Å²) in [5.41, 5.74) is 2.80. The van der Waals surface area contributed by atoms with Crippen molar-refractivity contribution in [3.63, 3.8) is 0 Å². The zero-order valence-electron chi connectivity index (χ0n) is 16.7. The summed E-state index contributed by atoms with van der Waals surface area (Å²) in [5, 5.41) is 9.12. The summed E-state index contributed by atoms with van der Waals surface area (Å²) >= 11 is 0. The van der Waals surface area contributed by atoms with E-state index >= 15 is 0 Å². The maximum atomic E-state index is 11.6. The van der Waals surface area contributed by atoms with Gasteiger partial charge in [0, 0.05) is 6.92 Å². The summed E-state index contributed by atoms with van der Waals surface area (Å²) in [7, 11) is 0. The van der Waals surface area contributed by atoms with Crippen LogP contribution in [0.5, 0.6) is 0 Å². The molecule has 0 bridgehead atoms. The van der Waals surface area contributed by atoms with Crippen molar-refractivity contribution in [2.75, 3.05) is 6.61 Å². The van der Waals surface area contributed by atoms with Gasteiger partial charge >= 0.3 is 5.97 Å². The molecule has 0 spiro atoms. The lowest BCUT2D eigenvalue weighted by molar-refractivity contribution is -0.153. The van der Waals surface area contributed by atoms with Crippen LogP contribution < -0.4 is 0 Å². The van der Waals surface area contributed by atoms with E-state index in [9.17, 15) is 4.79 Å². The van der Waals surface area contributed by atoms with Crippen LogP contribution >= 0.6 is 0 Å². The van der Waals surface area contributed by atoms with Crippen molar-refractivity contribution in [2.24, 2.45) is 22.7 Å². The standard InChI is InChI=1S/C22H36O3/c1-15(10-13-23)8-9-18-16(2)19(25-17(3)24)14-20-21(4,5)11-7-12-22(18,20)6/h10,18-20,23H,2,7-9,11-14H2,1,3-6H3/b15-10+/t18-,19+,20-,22+/m0/s1. The fourth-order valence-electron chi connectivity index (χ4n) is 5.65. The predicted octanol–water partition coefficient (Wildman–Crippen LogP) is 5.05. The minimum atomic E-state index is -0.210. The molecule has 142 valence electrons. The van der Waals surface area contributed by atoms with Gasteiger partial charge in [-0.25, -0.2) is 0 Å². The second-order valence-corrected chi connectivity index (χ2v) is 9.13. The third-order valence-electron chi connectivity index (χ3n) is 6.96. The number of hydrogen-bond donors (Lipinski definition) is 1. The van der Waals surface area contributed by atoms with Crippen molar-refractivity contribution < 1.29 is 14.6 Å². The molecule has 2 aliphatic carbocycles. The van der Waals surface area contributed by atoms with Gasteiger partial charge in [0.05, 0.1) is 6.61 Å². The van der Waals surface area contributed by atoms with E-state index in [-0.39, 0.29) is 29.5 Å². The fraction of sp³-hybridized carbons (Fsp3) is 0.773. The normalized spacial score (nSPS) is 35.2. The first-order valence-corrected chi connectivity index (χ1v) is 9.74.